The number of benzene rings is 1. The Balaban J connectivity index is 2.19. The zero-order valence-corrected chi connectivity index (χ0v) is 12.4. The SMILES string of the molecule is CCCCCNc1nc(NCCC)nc2ccccc12. The molecule has 2 rings (SSSR count). The second kappa shape index (κ2) is 7.68. The Bertz CT molecular complexity index is 539. The summed E-state index contributed by atoms with van der Waals surface area (Å²) in [6.07, 6.45) is 4.72. The minimum Gasteiger partial charge on any atom is -0.369 e. The van der Waals surface area contributed by atoms with Crippen LogP contribution in [0.5, 0.6) is 0 Å². The van der Waals surface area contributed by atoms with Crippen LogP contribution in [0.2, 0.25) is 0 Å². The molecule has 108 valence electrons. The molecule has 0 bridgehead atoms. The van der Waals surface area contributed by atoms with Crippen molar-refractivity contribution in [3.05, 3.63) is 24.3 Å². The number of aromatic nitrogens is 2. The Kier molecular flexibility index (Phi) is 5.59. The van der Waals surface area contributed by atoms with Crippen LogP contribution < -0.4 is 10.6 Å². The number of rotatable bonds is 8. The fourth-order valence-corrected chi connectivity index (χ4v) is 2.11. The number of nitrogens with one attached hydrogen (secondary N) is 2. The molecule has 0 aliphatic carbocycles. The van der Waals surface area contributed by atoms with Crippen molar-refractivity contribution in [3.8, 4) is 0 Å². The molecule has 0 amide bonds. The van der Waals surface area contributed by atoms with Gasteiger partial charge in [0.1, 0.15) is 5.82 Å². The van der Waals surface area contributed by atoms with Gasteiger partial charge in [0.25, 0.3) is 0 Å². The van der Waals surface area contributed by atoms with Gasteiger partial charge < -0.3 is 10.6 Å². The van der Waals surface area contributed by atoms with Gasteiger partial charge in [0, 0.05) is 18.5 Å². The van der Waals surface area contributed by atoms with Crippen LogP contribution in [0.1, 0.15) is 39.5 Å². The maximum Gasteiger partial charge on any atom is 0.225 e. The van der Waals surface area contributed by atoms with Crippen LogP contribution in [-0.2, 0) is 0 Å². The van der Waals surface area contributed by atoms with E-state index in [1.165, 1.54) is 19.3 Å². The first-order chi connectivity index (χ1) is 9.85. The molecule has 2 N–H and O–H groups in total. The zero-order chi connectivity index (χ0) is 14.2. The highest BCUT2D eigenvalue weighted by molar-refractivity contribution is 5.89. The number of anilines is 2. The van der Waals surface area contributed by atoms with Crippen molar-refractivity contribution in [1.82, 2.24) is 9.97 Å². The molecule has 0 aliphatic heterocycles. The highest BCUT2D eigenvalue weighted by Crippen LogP contribution is 2.21. The first-order valence-electron chi connectivity index (χ1n) is 7.59. The Morgan fingerprint density at radius 3 is 2.55 bits per heavy atom. The summed E-state index contributed by atoms with van der Waals surface area (Å²) in [6.45, 7) is 6.21. The van der Waals surface area contributed by atoms with Gasteiger partial charge in [0.05, 0.1) is 5.52 Å². The number of fused-ring (bicyclic) bond motifs is 1. The topological polar surface area (TPSA) is 49.8 Å². The molecule has 4 nitrogen and oxygen atoms in total. The molecule has 0 radical (unpaired) electrons. The van der Waals surface area contributed by atoms with E-state index in [0.717, 1.165) is 36.2 Å². The van der Waals surface area contributed by atoms with Crippen molar-refractivity contribution in [3.63, 3.8) is 0 Å². The van der Waals surface area contributed by atoms with Crippen LogP contribution in [0.25, 0.3) is 10.9 Å². The highest BCUT2D eigenvalue weighted by Gasteiger charge is 2.06. The quantitative estimate of drug-likeness (QED) is 0.712. The lowest BCUT2D eigenvalue weighted by Crippen LogP contribution is -2.09. The smallest absolute Gasteiger partial charge is 0.225 e. The largest absolute Gasteiger partial charge is 0.369 e. The molecule has 0 spiro atoms. The van der Waals surface area contributed by atoms with E-state index in [1.54, 1.807) is 0 Å². The second-order valence-corrected chi connectivity index (χ2v) is 4.97. The van der Waals surface area contributed by atoms with Crippen molar-refractivity contribution < 1.29 is 0 Å². The number of nitrogens with zero attached hydrogens (tertiary/aromatic N) is 2. The van der Waals surface area contributed by atoms with E-state index in [2.05, 4.69) is 40.5 Å². The summed E-state index contributed by atoms with van der Waals surface area (Å²) in [5, 5.41) is 7.80. The lowest BCUT2D eigenvalue weighted by molar-refractivity contribution is 0.742. The predicted molar refractivity (Wildman–Crippen MR) is 86.3 cm³/mol. The van der Waals surface area contributed by atoms with Crippen molar-refractivity contribution in [2.75, 3.05) is 23.7 Å². The third-order valence-corrected chi connectivity index (χ3v) is 3.21. The van der Waals surface area contributed by atoms with Gasteiger partial charge in [-0.25, -0.2) is 4.98 Å². The molecule has 2 aromatic rings. The molecular formula is C16H24N4. The lowest BCUT2D eigenvalue weighted by Gasteiger charge is -2.11. The molecule has 0 atom stereocenters. The summed E-state index contributed by atoms with van der Waals surface area (Å²) in [6, 6.07) is 8.15. The van der Waals surface area contributed by atoms with Crippen molar-refractivity contribution in [1.29, 1.82) is 0 Å². The molecule has 1 heterocycles. The first-order valence-corrected chi connectivity index (χ1v) is 7.59. The average molecular weight is 272 g/mol. The summed E-state index contributed by atoms with van der Waals surface area (Å²) in [4.78, 5) is 9.16. The van der Waals surface area contributed by atoms with Crippen LogP contribution in [0.3, 0.4) is 0 Å². The van der Waals surface area contributed by atoms with Crippen LogP contribution in [-0.4, -0.2) is 23.1 Å². The summed E-state index contributed by atoms with van der Waals surface area (Å²) >= 11 is 0. The highest BCUT2D eigenvalue weighted by atomic mass is 15.1. The van der Waals surface area contributed by atoms with Crippen LogP contribution in [0.4, 0.5) is 11.8 Å². The van der Waals surface area contributed by atoms with Gasteiger partial charge in [-0.2, -0.15) is 4.98 Å². The number of hydrogen-bond acceptors (Lipinski definition) is 4. The Labute approximate surface area is 121 Å². The fourth-order valence-electron chi connectivity index (χ4n) is 2.11. The molecule has 20 heavy (non-hydrogen) atoms. The third-order valence-electron chi connectivity index (χ3n) is 3.21. The molecule has 0 aliphatic rings. The van der Waals surface area contributed by atoms with Gasteiger partial charge in [0.15, 0.2) is 0 Å². The third kappa shape index (κ3) is 3.83. The van der Waals surface area contributed by atoms with Crippen LogP contribution in [0.15, 0.2) is 24.3 Å². The maximum absolute atomic E-state index is 4.60. The minimum atomic E-state index is 0.712. The molecule has 0 fully saturated rings. The molecule has 0 saturated carbocycles. The normalized spacial score (nSPS) is 10.7. The van der Waals surface area contributed by atoms with Gasteiger partial charge in [-0.1, -0.05) is 38.8 Å². The van der Waals surface area contributed by atoms with Gasteiger partial charge >= 0.3 is 0 Å². The summed E-state index contributed by atoms with van der Waals surface area (Å²) in [5.74, 6) is 1.65. The van der Waals surface area contributed by atoms with E-state index in [9.17, 15) is 0 Å². The number of para-hydroxylation sites is 1. The van der Waals surface area contributed by atoms with Crippen LogP contribution in [0, 0.1) is 0 Å². The summed E-state index contributed by atoms with van der Waals surface area (Å²) in [7, 11) is 0. The first kappa shape index (κ1) is 14.6. The summed E-state index contributed by atoms with van der Waals surface area (Å²) < 4.78 is 0. The number of hydrogen-bond donors (Lipinski definition) is 2. The molecule has 0 saturated heterocycles. The minimum absolute atomic E-state index is 0.712. The van der Waals surface area contributed by atoms with E-state index >= 15 is 0 Å². The van der Waals surface area contributed by atoms with Crippen LogP contribution >= 0.6 is 0 Å². The monoisotopic (exact) mass is 272 g/mol. The molecular weight excluding hydrogens is 248 g/mol. The Morgan fingerprint density at radius 2 is 1.75 bits per heavy atom. The predicted octanol–water partition coefficient (Wildman–Crippen LogP) is 4.05. The lowest BCUT2D eigenvalue weighted by atomic mass is 10.2. The van der Waals surface area contributed by atoms with Crippen molar-refractivity contribution in [2.45, 2.75) is 39.5 Å². The maximum atomic E-state index is 4.60. The van der Waals surface area contributed by atoms with E-state index in [0.29, 0.717) is 5.95 Å². The van der Waals surface area contributed by atoms with E-state index in [1.807, 2.05) is 18.2 Å². The van der Waals surface area contributed by atoms with E-state index < -0.39 is 0 Å². The number of unbranched alkanes of at least 4 members (excludes halogenated alkanes) is 2. The average Bonchev–Trinajstić information content (AvgIpc) is 2.49. The Morgan fingerprint density at radius 1 is 0.900 bits per heavy atom. The van der Waals surface area contributed by atoms with Gasteiger partial charge in [-0.15, -0.1) is 0 Å². The van der Waals surface area contributed by atoms with Crippen molar-refractivity contribution >= 4 is 22.7 Å². The molecule has 0 unspecified atom stereocenters. The molecule has 4 heteroatoms. The van der Waals surface area contributed by atoms with E-state index in [4.69, 9.17) is 0 Å². The molecule has 1 aromatic heterocycles. The van der Waals surface area contributed by atoms with Gasteiger partial charge in [0.2, 0.25) is 5.95 Å². The fraction of sp³-hybridized carbons (Fsp3) is 0.500. The van der Waals surface area contributed by atoms with Crippen molar-refractivity contribution in [2.24, 2.45) is 0 Å². The standard InChI is InChI=1S/C16H24N4/c1-3-5-8-12-17-15-13-9-6-7-10-14(13)19-16(20-15)18-11-4-2/h6-7,9-10H,3-5,8,11-12H2,1-2H3,(H2,17,18,19,20). The summed E-state index contributed by atoms with van der Waals surface area (Å²) in [5.41, 5.74) is 0.985. The second-order valence-electron chi connectivity index (χ2n) is 4.97. The van der Waals surface area contributed by atoms with Gasteiger partial charge in [-0.3, -0.25) is 0 Å². The zero-order valence-electron chi connectivity index (χ0n) is 12.4. The van der Waals surface area contributed by atoms with Gasteiger partial charge in [-0.05, 0) is 25.0 Å². The van der Waals surface area contributed by atoms with E-state index in [-0.39, 0.29) is 0 Å². The molecule has 1 aromatic carbocycles. The Hall–Kier alpha value is -1.84.